The van der Waals surface area contributed by atoms with Crippen molar-refractivity contribution in [3.63, 3.8) is 0 Å². The van der Waals surface area contributed by atoms with Crippen LogP contribution in [0.5, 0.6) is 11.5 Å². The largest absolute Gasteiger partial charge is 0.493 e. The van der Waals surface area contributed by atoms with E-state index in [4.69, 9.17) is 26.3 Å². The molecule has 0 aliphatic heterocycles. The van der Waals surface area contributed by atoms with Crippen molar-refractivity contribution in [1.82, 2.24) is 0 Å². The van der Waals surface area contributed by atoms with Gasteiger partial charge in [-0.25, -0.2) is 22.0 Å². The highest BCUT2D eigenvalue weighted by molar-refractivity contribution is 6.32. The van der Waals surface area contributed by atoms with E-state index in [1.807, 2.05) is 6.07 Å². The van der Waals surface area contributed by atoms with Gasteiger partial charge in [0.25, 0.3) is 0 Å². The number of nitrogens with one attached hydrogen (secondary N) is 1. The smallest absolute Gasteiger partial charge is 0.200 e. The third kappa shape index (κ3) is 4.99. The normalized spacial score (nSPS) is 10.8. The number of benzene rings is 3. The Bertz CT molecular complexity index is 1250. The van der Waals surface area contributed by atoms with Crippen molar-refractivity contribution in [1.29, 1.82) is 5.26 Å². The summed E-state index contributed by atoms with van der Waals surface area (Å²) in [6.45, 7) is 0.0229. The van der Waals surface area contributed by atoms with E-state index in [2.05, 4.69) is 5.10 Å². The van der Waals surface area contributed by atoms with E-state index in [9.17, 15) is 22.0 Å². The maximum absolute atomic E-state index is 13.7. The number of hydrogen-bond donors (Lipinski definition) is 1. The van der Waals surface area contributed by atoms with Crippen LogP contribution in [0.4, 0.5) is 27.6 Å². The maximum Gasteiger partial charge on any atom is 0.200 e. The summed E-state index contributed by atoms with van der Waals surface area (Å²) in [7, 11) is 1.34. The molecule has 11 heteroatoms. The molecule has 0 radical (unpaired) electrons. The number of methoxy groups -OCH3 is 1. The van der Waals surface area contributed by atoms with Crippen molar-refractivity contribution in [2.24, 2.45) is 5.10 Å². The van der Waals surface area contributed by atoms with Crippen molar-refractivity contribution in [2.45, 2.75) is 6.61 Å². The van der Waals surface area contributed by atoms with Crippen LogP contribution in [0, 0.1) is 40.4 Å². The van der Waals surface area contributed by atoms with Gasteiger partial charge in [-0.2, -0.15) is 10.4 Å². The summed E-state index contributed by atoms with van der Waals surface area (Å²) in [6.07, 6.45) is 1.03. The molecule has 0 spiro atoms. The third-order valence-corrected chi connectivity index (χ3v) is 4.64. The van der Waals surface area contributed by atoms with Gasteiger partial charge in [0, 0.05) is 5.56 Å². The molecule has 3 aromatic carbocycles. The SMILES string of the molecule is COc1cc(/C=N/Nc2c(F)c(F)c(F)c(F)c2F)cc(Cl)c1OCc1ccccc1C#N. The predicted molar refractivity (Wildman–Crippen MR) is 111 cm³/mol. The minimum absolute atomic E-state index is 0.0229. The van der Waals surface area contributed by atoms with Gasteiger partial charge in [-0.1, -0.05) is 29.8 Å². The van der Waals surface area contributed by atoms with E-state index < -0.39 is 34.8 Å². The zero-order valence-electron chi connectivity index (χ0n) is 16.7. The summed E-state index contributed by atoms with van der Waals surface area (Å²) in [5, 5.41) is 12.8. The Kier molecular flexibility index (Phi) is 7.35. The highest BCUT2D eigenvalue weighted by atomic mass is 35.5. The molecule has 0 aliphatic rings. The number of halogens is 6. The number of nitriles is 1. The molecule has 0 unspecified atom stereocenters. The van der Waals surface area contributed by atoms with E-state index >= 15 is 0 Å². The molecule has 0 atom stereocenters. The molecule has 0 saturated heterocycles. The molecule has 0 fully saturated rings. The van der Waals surface area contributed by atoms with Gasteiger partial charge in [0.1, 0.15) is 12.3 Å². The van der Waals surface area contributed by atoms with Crippen LogP contribution in [-0.2, 0) is 6.61 Å². The molecule has 0 saturated carbocycles. The molecule has 0 aliphatic carbocycles. The van der Waals surface area contributed by atoms with E-state index in [1.54, 1.807) is 29.7 Å². The van der Waals surface area contributed by atoms with Crippen LogP contribution >= 0.6 is 11.6 Å². The minimum Gasteiger partial charge on any atom is -0.493 e. The molecule has 5 nitrogen and oxygen atoms in total. The van der Waals surface area contributed by atoms with Gasteiger partial charge < -0.3 is 9.47 Å². The van der Waals surface area contributed by atoms with Crippen LogP contribution in [0.2, 0.25) is 5.02 Å². The van der Waals surface area contributed by atoms with E-state index in [0.717, 1.165) is 6.21 Å². The summed E-state index contributed by atoms with van der Waals surface area (Å²) >= 11 is 6.25. The van der Waals surface area contributed by atoms with E-state index in [-0.39, 0.29) is 28.7 Å². The monoisotopic (exact) mass is 481 g/mol. The number of ether oxygens (including phenoxy) is 2. The molecule has 3 rings (SSSR count). The Morgan fingerprint density at radius 1 is 1.03 bits per heavy atom. The first kappa shape index (κ1) is 23.8. The number of rotatable bonds is 7. The lowest BCUT2D eigenvalue weighted by Crippen LogP contribution is -2.06. The van der Waals surface area contributed by atoms with Gasteiger partial charge in [-0.3, -0.25) is 5.43 Å². The second-order valence-electron chi connectivity index (χ2n) is 6.41. The molecule has 0 amide bonds. The van der Waals surface area contributed by atoms with Crippen LogP contribution in [0.25, 0.3) is 0 Å². The first-order valence-corrected chi connectivity index (χ1v) is 9.45. The summed E-state index contributed by atoms with van der Waals surface area (Å²) < 4.78 is 78.0. The first-order valence-electron chi connectivity index (χ1n) is 9.07. The van der Waals surface area contributed by atoms with Gasteiger partial charge >= 0.3 is 0 Å². The van der Waals surface area contributed by atoms with Crippen molar-refractivity contribution < 1.29 is 31.4 Å². The summed E-state index contributed by atoms with van der Waals surface area (Å²) in [4.78, 5) is 0. The van der Waals surface area contributed by atoms with Crippen LogP contribution in [0.1, 0.15) is 16.7 Å². The fourth-order valence-electron chi connectivity index (χ4n) is 2.73. The average Bonchev–Trinajstić information content (AvgIpc) is 2.82. The van der Waals surface area contributed by atoms with E-state index in [1.165, 1.54) is 19.2 Å². The minimum atomic E-state index is -2.27. The lowest BCUT2D eigenvalue weighted by molar-refractivity contribution is 0.284. The van der Waals surface area contributed by atoms with Crippen LogP contribution in [0.3, 0.4) is 0 Å². The summed E-state index contributed by atoms with van der Waals surface area (Å²) in [5.41, 5.74) is 1.80. The Balaban J connectivity index is 1.82. The van der Waals surface area contributed by atoms with Crippen molar-refractivity contribution >= 4 is 23.5 Å². The average molecular weight is 482 g/mol. The highest BCUT2D eigenvalue weighted by Gasteiger charge is 2.25. The standard InChI is InChI=1S/C22H13ClF5N3O2/c1-32-15-7-11(9-30-31-21-19(27)17(25)16(24)18(26)20(21)28)6-14(23)22(15)33-10-13-5-3-2-4-12(13)8-29/h2-7,9,31H,10H2,1H3/b30-9+. The highest BCUT2D eigenvalue weighted by Crippen LogP contribution is 2.37. The summed E-state index contributed by atoms with van der Waals surface area (Å²) in [5.74, 6) is -10.2. The molecule has 0 bridgehead atoms. The van der Waals surface area contributed by atoms with E-state index in [0.29, 0.717) is 11.1 Å². The third-order valence-electron chi connectivity index (χ3n) is 4.36. The molecular weight excluding hydrogens is 469 g/mol. The van der Waals surface area contributed by atoms with Crippen molar-refractivity contribution in [3.05, 3.63) is 87.2 Å². The summed E-state index contributed by atoms with van der Waals surface area (Å²) in [6, 6.07) is 11.6. The maximum atomic E-state index is 13.7. The van der Waals surface area contributed by atoms with Gasteiger partial charge in [-0.15, -0.1) is 0 Å². The lowest BCUT2D eigenvalue weighted by Gasteiger charge is -2.14. The molecule has 0 aromatic heterocycles. The number of hydrazone groups is 1. The number of nitrogens with zero attached hydrogens (tertiary/aromatic N) is 2. The number of hydrogen-bond acceptors (Lipinski definition) is 5. The lowest BCUT2D eigenvalue weighted by atomic mass is 10.1. The topological polar surface area (TPSA) is 66.6 Å². The Hall–Kier alpha value is -3.84. The predicted octanol–water partition coefficient (Wildman–Crippen LogP) is 5.94. The fourth-order valence-corrected chi connectivity index (χ4v) is 3.01. The Labute approximate surface area is 189 Å². The Morgan fingerprint density at radius 2 is 1.67 bits per heavy atom. The zero-order valence-corrected chi connectivity index (χ0v) is 17.5. The zero-order chi connectivity index (χ0) is 24.1. The first-order chi connectivity index (χ1) is 15.8. The van der Waals surface area contributed by atoms with Gasteiger partial charge in [0.05, 0.1) is 30.0 Å². The van der Waals surface area contributed by atoms with Crippen molar-refractivity contribution in [3.8, 4) is 17.6 Å². The van der Waals surface area contributed by atoms with Gasteiger partial charge in [-0.05, 0) is 23.8 Å². The molecule has 0 heterocycles. The second kappa shape index (κ2) is 10.2. The second-order valence-corrected chi connectivity index (χ2v) is 6.81. The van der Waals surface area contributed by atoms with Crippen LogP contribution in [-0.4, -0.2) is 13.3 Å². The quantitative estimate of drug-likeness (QED) is 0.149. The molecule has 1 N–H and O–H groups in total. The molecule has 33 heavy (non-hydrogen) atoms. The fraction of sp³-hybridized carbons (Fsp3) is 0.0909. The van der Waals surface area contributed by atoms with Crippen molar-refractivity contribution in [2.75, 3.05) is 12.5 Å². The Morgan fingerprint density at radius 3 is 2.30 bits per heavy atom. The van der Waals surface area contributed by atoms with Crippen LogP contribution in [0.15, 0.2) is 41.5 Å². The van der Waals surface area contributed by atoms with Crippen LogP contribution < -0.4 is 14.9 Å². The van der Waals surface area contributed by atoms with Gasteiger partial charge in [0.2, 0.25) is 5.82 Å². The molecular formula is C22H13ClF5N3O2. The number of anilines is 1. The molecule has 170 valence electrons. The molecule has 3 aromatic rings. The van der Waals surface area contributed by atoms with Gasteiger partial charge in [0.15, 0.2) is 34.8 Å².